The number of fused-ring (bicyclic) bond motifs is 1. The van der Waals surface area contributed by atoms with Crippen LogP contribution >= 0.6 is 0 Å². The molecule has 0 unspecified atom stereocenters. The Morgan fingerprint density at radius 2 is 2.06 bits per heavy atom. The van der Waals surface area contributed by atoms with Crippen molar-refractivity contribution in [3.63, 3.8) is 0 Å². The molecule has 1 N–H and O–H groups in total. The lowest BCUT2D eigenvalue weighted by molar-refractivity contribution is 0.314. The van der Waals surface area contributed by atoms with Gasteiger partial charge in [0.2, 0.25) is 5.88 Å². The Kier molecular flexibility index (Phi) is 2.94. The van der Waals surface area contributed by atoms with Crippen LogP contribution < -0.4 is 10.1 Å². The average molecular weight is 244 g/mol. The molecular weight excluding hydrogens is 231 g/mol. The molecule has 0 bridgehead atoms. The number of ether oxygens (including phenoxy) is 1. The maximum absolute atomic E-state index is 13.9. The van der Waals surface area contributed by atoms with Crippen LogP contribution in [0.15, 0.2) is 36.5 Å². The Morgan fingerprint density at radius 3 is 2.94 bits per heavy atom. The third-order valence-electron chi connectivity index (χ3n) is 3.00. The highest BCUT2D eigenvalue weighted by molar-refractivity contribution is 5.69. The molecule has 0 fully saturated rings. The number of nitrogens with one attached hydrogen (secondary N) is 1. The van der Waals surface area contributed by atoms with Crippen molar-refractivity contribution in [3.05, 3.63) is 47.9 Å². The number of benzene rings is 1. The van der Waals surface area contributed by atoms with Gasteiger partial charge in [0, 0.05) is 30.4 Å². The van der Waals surface area contributed by atoms with E-state index in [2.05, 4.69) is 10.3 Å². The van der Waals surface area contributed by atoms with E-state index >= 15 is 0 Å². The summed E-state index contributed by atoms with van der Waals surface area (Å²) in [6.45, 7) is 2.00. The van der Waals surface area contributed by atoms with Gasteiger partial charge in [0.05, 0.1) is 0 Å². The molecule has 3 nitrogen and oxygen atoms in total. The fraction of sp³-hybridized carbons (Fsp3) is 0.214. The van der Waals surface area contributed by atoms with Gasteiger partial charge in [-0.3, -0.25) is 0 Å². The Balaban J connectivity index is 2.16. The van der Waals surface area contributed by atoms with Crippen LogP contribution in [-0.4, -0.2) is 18.1 Å². The van der Waals surface area contributed by atoms with E-state index in [1.807, 2.05) is 12.1 Å². The quantitative estimate of drug-likeness (QED) is 0.836. The molecule has 1 aromatic heterocycles. The number of nitrogens with zero attached hydrogens (tertiary/aromatic N) is 1. The van der Waals surface area contributed by atoms with Crippen molar-refractivity contribution in [2.45, 2.75) is 6.54 Å². The number of halogens is 1. The lowest BCUT2D eigenvalue weighted by Gasteiger charge is -2.11. The second kappa shape index (κ2) is 4.74. The van der Waals surface area contributed by atoms with Crippen molar-refractivity contribution in [2.24, 2.45) is 0 Å². The third-order valence-corrected chi connectivity index (χ3v) is 3.00. The van der Waals surface area contributed by atoms with Gasteiger partial charge in [-0.25, -0.2) is 9.37 Å². The standard InChI is InChI=1S/C14H13FN2O/c15-13-4-2-1-3-11(13)10-5-6-17-14-12(10)9-16-7-8-18-14/h1-6,16H,7-9H2. The second-order valence-corrected chi connectivity index (χ2v) is 4.15. The Labute approximate surface area is 105 Å². The van der Waals surface area contributed by atoms with Gasteiger partial charge in [-0.1, -0.05) is 18.2 Å². The van der Waals surface area contributed by atoms with Gasteiger partial charge in [-0.05, 0) is 17.7 Å². The fourth-order valence-corrected chi connectivity index (χ4v) is 2.13. The van der Waals surface area contributed by atoms with Crippen LogP contribution in [-0.2, 0) is 6.54 Å². The number of hydrogen-bond acceptors (Lipinski definition) is 3. The molecule has 2 aromatic rings. The van der Waals surface area contributed by atoms with Crippen LogP contribution in [0.2, 0.25) is 0 Å². The summed E-state index contributed by atoms with van der Waals surface area (Å²) in [6, 6.07) is 8.58. The van der Waals surface area contributed by atoms with Gasteiger partial charge >= 0.3 is 0 Å². The minimum Gasteiger partial charge on any atom is -0.476 e. The maximum Gasteiger partial charge on any atom is 0.218 e. The topological polar surface area (TPSA) is 34.2 Å². The smallest absolute Gasteiger partial charge is 0.218 e. The molecule has 0 spiro atoms. The number of pyridine rings is 1. The van der Waals surface area contributed by atoms with Gasteiger partial charge in [-0.2, -0.15) is 0 Å². The monoisotopic (exact) mass is 244 g/mol. The van der Waals surface area contributed by atoms with E-state index in [4.69, 9.17) is 4.74 Å². The first-order valence-corrected chi connectivity index (χ1v) is 5.92. The van der Waals surface area contributed by atoms with Gasteiger partial charge in [0.1, 0.15) is 12.4 Å². The van der Waals surface area contributed by atoms with E-state index in [9.17, 15) is 4.39 Å². The molecule has 1 aromatic carbocycles. The molecule has 1 aliphatic heterocycles. The normalized spacial score (nSPS) is 14.5. The van der Waals surface area contributed by atoms with Crippen molar-refractivity contribution in [1.82, 2.24) is 10.3 Å². The first-order valence-electron chi connectivity index (χ1n) is 5.92. The highest BCUT2D eigenvalue weighted by atomic mass is 19.1. The average Bonchev–Trinajstić information content (AvgIpc) is 2.64. The molecule has 0 radical (unpaired) electrons. The largest absolute Gasteiger partial charge is 0.476 e. The summed E-state index contributed by atoms with van der Waals surface area (Å²) in [5, 5.41) is 3.25. The summed E-state index contributed by atoms with van der Waals surface area (Å²) in [7, 11) is 0. The number of hydrogen-bond donors (Lipinski definition) is 1. The van der Waals surface area contributed by atoms with Crippen molar-refractivity contribution in [3.8, 4) is 17.0 Å². The molecule has 0 atom stereocenters. The Bertz CT molecular complexity index is 571. The minimum atomic E-state index is -0.227. The highest BCUT2D eigenvalue weighted by Gasteiger charge is 2.16. The van der Waals surface area contributed by atoms with Crippen LogP contribution in [0.5, 0.6) is 5.88 Å². The second-order valence-electron chi connectivity index (χ2n) is 4.15. The molecule has 2 heterocycles. The molecule has 0 saturated carbocycles. The summed E-state index contributed by atoms with van der Waals surface area (Å²) >= 11 is 0. The zero-order valence-electron chi connectivity index (χ0n) is 9.82. The molecule has 92 valence electrons. The molecule has 4 heteroatoms. The van der Waals surface area contributed by atoms with Crippen LogP contribution in [0.25, 0.3) is 11.1 Å². The van der Waals surface area contributed by atoms with Crippen LogP contribution in [0, 0.1) is 5.82 Å². The van der Waals surface area contributed by atoms with Crippen molar-refractivity contribution in [2.75, 3.05) is 13.2 Å². The van der Waals surface area contributed by atoms with E-state index in [1.54, 1.807) is 18.3 Å². The zero-order chi connectivity index (χ0) is 12.4. The van der Waals surface area contributed by atoms with Gasteiger partial charge in [-0.15, -0.1) is 0 Å². The van der Waals surface area contributed by atoms with E-state index in [0.29, 0.717) is 24.6 Å². The Morgan fingerprint density at radius 1 is 1.17 bits per heavy atom. The Hall–Kier alpha value is -1.94. The first kappa shape index (κ1) is 11.2. The van der Waals surface area contributed by atoms with E-state index in [1.165, 1.54) is 6.07 Å². The first-order chi connectivity index (χ1) is 8.86. The summed E-state index contributed by atoms with van der Waals surface area (Å²) in [5.41, 5.74) is 2.34. The zero-order valence-corrected chi connectivity index (χ0v) is 9.82. The lowest BCUT2D eigenvalue weighted by atomic mass is 10.0. The minimum absolute atomic E-state index is 0.227. The van der Waals surface area contributed by atoms with E-state index in [-0.39, 0.29) is 5.82 Å². The van der Waals surface area contributed by atoms with E-state index < -0.39 is 0 Å². The third kappa shape index (κ3) is 1.95. The van der Waals surface area contributed by atoms with Crippen molar-refractivity contribution >= 4 is 0 Å². The van der Waals surface area contributed by atoms with Crippen molar-refractivity contribution < 1.29 is 9.13 Å². The molecule has 0 aliphatic carbocycles. The summed E-state index contributed by atoms with van der Waals surface area (Å²) in [4.78, 5) is 4.21. The molecule has 3 rings (SSSR count). The predicted molar refractivity (Wildman–Crippen MR) is 66.8 cm³/mol. The van der Waals surface area contributed by atoms with Gasteiger partial charge in [0.25, 0.3) is 0 Å². The van der Waals surface area contributed by atoms with Crippen LogP contribution in [0.1, 0.15) is 5.56 Å². The summed E-state index contributed by atoms with van der Waals surface area (Å²) < 4.78 is 19.4. The van der Waals surface area contributed by atoms with E-state index in [0.717, 1.165) is 17.7 Å². The molecule has 0 amide bonds. The predicted octanol–water partition coefficient (Wildman–Crippen LogP) is 2.37. The maximum atomic E-state index is 13.9. The molecule has 18 heavy (non-hydrogen) atoms. The van der Waals surface area contributed by atoms with Crippen LogP contribution in [0.4, 0.5) is 4.39 Å². The highest BCUT2D eigenvalue weighted by Crippen LogP contribution is 2.31. The lowest BCUT2D eigenvalue weighted by Crippen LogP contribution is -2.16. The summed E-state index contributed by atoms with van der Waals surface area (Å²) in [5.74, 6) is 0.371. The molecule has 1 aliphatic rings. The van der Waals surface area contributed by atoms with Crippen LogP contribution in [0.3, 0.4) is 0 Å². The van der Waals surface area contributed by atoms with Gasteiger partial charge < -0.3 is 10.1 Å². The SMILES string of the molecule is Fc1ccccc1-c1ccnc2c1CNCCO2. The number of aromatic nitrogens is 1. The molecule has 0 saturated heterocycles. The van der Waals surface area contributed by atoms with Gasteiger partial charge in [0.15, 0.2) is 0 Å². The summed E-state index contributed by atoms with van der Waals surface area (Å²) in [6.07, 6.45) is 1.66. The fourth-order valence-electron chi connectivity index (χ4n) is 2.13. The number of rotatable bonds is 1. The van der Waals surface area contributed by atoms with Crippen molar-refractivity contribution in [1.29, 1.82) is 0 Å². The molecular formula is C14H13FN2O.